The van der Waals surface area contributed by atoms with E-state index in [1.54, 1.807) is 0 Å². The number of halogens is 1. The first-order valence-corrected chi connectivity index (χ1v) is 7.95. The van der Waals surface area contributed by atoms with Gasteiger partial charge in [0.15, 0.2) is 0 Å². The number of imidazole rings is 1. The number of hydrogen-bond acceptors (Lipinski definition) is 1. The fraction of sp³-hybridized carbons (Fsp3) is 0.500. The molecule has 2 rings (SSSR count). The molecule has 1 aromatic heterocycles. The van der Waals surface area contributed by atoms with Crippen molar-refractivity contribution in [1.82, 2.24) is 9.97 Å². The number of H-pyrrole nitrogens is 1. The molecule has 0 radical (unpaired) electrons. The summed E-state index contributed by atoms with van der Waals surface area (Å²) < 4.78 is 0. The minimum Gasteiger partial charge on any atom is -0.342 e. The second kappa shape index (κ2) is 5.84. The van der Waals surface area contributed by atoms with Gasteiger partial charge < -0.3 is 4.98 Å². The summed E-state index contributed by atoms with van der Waals surface area (Å²) in [7, 11) is 0. The third-order valence-electron chi connectivity index (χ3n) is 3.77. The fourth-order valence-corrected chi connectivity index (χ4v) is 2.54. The predicted octanol–water partition coefficient (Wildman–Crippen LogP) is 5.62. The summed E-state index contributed by atoms with van der Waals surface area (Å²) in [6, 6.07) is 8.56. The number of nitrogens with one attached hydrogen (secondary N) is 1. The lowest BCUT2D eigenvalue weighted by atomic mass is 9.86. The van der Waals surface area contributed by atoms with Gasteiger partial charge >= 0.3 is 0 Å². The Bertz CT molecular complexity index is 620. The highest BCUT2D eigenvalue weighted by atomic mass is 35.5. The van der Waals surface area contributed by atoms with Crippen LogP contribution < -0.4 is 0 Å². The molecule has 0 fully saturated rings. The van der Waals surface area contributed by atoms with Gasteiger partial charge in [-0.2, -0.15) is 0 Å². The van der Waals surface area contributed by atoms with Gasteiger partial charge in [-0.1, -0.05) is 52.8 Å². The summed E-state index contributed by atoms with van der Waals surface area (Å²) in [6.07, 6.45) is 0. The van der Waals surface area contributed by atoms with Crippen molar-refractivity contribution < 1.29 is 0 Å². The van der Waals surface area contributed by atoms with E-state index in [4.69, 9.17) is 16.6 Å². The Balaban J connectivity index is 2.42. The fourth-order valence-electron chi connectivity index (χ4n) is 2.33. The Kier molecular flexibility index (Phi) is 4.48. The van der Waals surface area contributed by atoms with Gasteiger partial charge in [-0.15, -0.1) is 11.6 Å². The lowest BCUT2D eigenvalue weighted by Gasteiger charge is -2.19. The van der Waals surface area contributed by atoms with Crippen molar-refractivity contribution in [1.29, 1.82) is 0 Å². The molecular weight excluding hydrogens is 280 g/mol. The molecular formula is C18H25ClN2. The third kappa shape index (κ3) is 3.49. The number of hydrogen-bond donors (Lipinski definition) is 1. The third-order valence-corrected chi connectivity index (χ3v) is 4.48. The number of benzene rings is 1. The number of alkyl halides is 1. The lowest BCUT2D eigenvalue weighted by molar-refractivity contribution is 0.590. The molecule has 0 aliphatic carbocycles. The van der Waals surface area contributed by atoms with E-state index in [1.165, 1.54) is 5.56 Å². The Morgan fingerprint density at radius 2 is 1.86 bits per heavy atom. The van der Waals surface area contributed by atoms with Crippen molar-refractivity contribution in [3.8, 4) is 11.4 Å². The van der Waals surface area contributed by atoms with Crippen LogP contribution in [-0.4, -0.2) is 9.97 Å². The number of nitrogens with zero attached hydrogens (tertiary/aromatic N) is 1. The van der Waals surface area contributed by atoms with Crippen LogP contribution in [0.3, 0.4) is 0 Å². The zero-order valence-corrected chi connectivity index (χ0v) is 14.5. The summed E-state index contributed by atoms with van der Waals surface area (Å²) >= 11 is 6.47. The molecule has 1 heterocycles. The summed E-state index contributed by atoms with van der Waals surface area (Å²) in [5, 5.41) is -0.0548. The maximum atomic E-state index is 6.47. The second-order valence-corrected chi connectivity index (χ2v) is 7.54. The smallest absolute Gasteiger partial charge is 0.137 e. The Labute approximate surface area is 133 Å². The summed E-state index contributed by atoms with van der Waals surface area (Å²) in [6.45, 7) is 12.9. The zero-order chi connectivity index (χ0) is 15.8. The van der Waals surface area contributed by atoms with Crippen molar-refractivity contribution in [3.63, 3.8) is 0 Å². The van der Waals surface area contributed by atoms with E-state index >= 15 is 0 Å². The SMILES string of the molecule is Cc1[nH]c(-c2cccc(C(C)(C)C)c2)nc1C(Cl)C(C)C. The van der Waals surface area contributed by atoms with Gasteiger partial charge in [0.05, 0.1) is 11.1 Å². The van der Waals surface area contributed by atoms with Crippen molar-refractivity contribution in [2.24, 2.45) is 5.92 Å². The number of aryl methyl sites for hydroxylation is 1. The first-order chi connectivity index (χ1) is 9.70. The predicted molar refractivity (Wildman–Crippen MR) is 90.9 cm³/mol. The van der Waals surface area contributed by atoms with Crippen molar-refractivity contribution in [2.75, 3.05) is 0 Å². The maximum Gasteiger partial charge on any atom is 0.137 e. The molecule has 0 aliphatic rings. The monoisotopic (exact) mass is 304 g/mol. The first-order valence-electron chi connectivity index (χ1n) is 7.51. The van der Waals surface area contributed by atoms with E-state index in [2.05, 4.69) is 63.9 Å². The Morgan fingerprint density at radius 1 is 1.19 bits per heavy atom. The Morgan fingerprint density at radius 3 is 2.43 bits per heavy atom. The summed E-state index contributed by atoms with van der Waals surface area (Å²) in [5.41, 5.74) is 4.57. The van der Waals surface area contributed by atoms with E-state index in [1.807, 2.05) is 6.92 Å². The van der Waals surface area contributed by atoms with Crippen molar-refractivity contribution in [2.45, 2.75) is 52.3 Å². The normalized spacial score (nSPS) is 13.7. The molecule has 114 valence electrons. The molecule has 3 heteroatoms. The molecule has 0 bridgehead atoms. The van der Waals surface area contributed by atoms with E-state index in [9.17, 15) is 0 Å². The van der Waals surface area contributed by atoms with Crippen LogP contribution in [0.15, 0.2) is 24.3 Å². The molecule has 1 N–H and O–H groups in total. The highest BCUT2D eigenvalue weighted by Gasteiger charge is 2.20. The number of rotatable bonds is 3. The van der Waals surface area contributed by atoms with Gasteiger partial charge in [-0.25, -0.2) is 4.98 Å². The quantitative estimate of drug-likeness (QED) is 0.733. The van der Waals surface area contributed by atoms with E-state index < -0.39 is 0 Å². The molecule has 1 unspecified atom stereocenters. The second-order valence-electron chi connectivity index (χ2n) is 7.07. The highest BCUT2D eigenvalue weighted by Crippen LogP contribution is 2.32. The highest BCUT2D eigenvalue weighted by molar-refractivity contribution is 6.20. The molecule has 21 heavy (non-hydrogen) atoms. The van der Waals surface area contributed by atoms with Crippen LogP contribution in [0.2, 0.25) is 0 Å². The topological polar surface area (TPSA) is 28.7 Å². The van der Waals surface area contributed by atoms with Crippen LogP contribution in [0.5, 0.6) is 0 Å². The molecule has 0 amide bonds. The van der Waals surface area contributed by atoms with Crippen LogP contribution in [0.25, 0.3) is 11.4 Å². The van der Waals surface area contributed by atoms with Gasteiger partial charge in [0.2, 0.25) is 0 Å². The molecule has 0 aliphatic heterocycles. The molecule has 0 saturated carbocycles. The average molecular weight is 305 g/mol. The minimum absolute atomic E-state index is 0.0548. The molecule has 1 aromatic carbocycles. The van der Waals surface area contributed by atoms with Gasteiger partial charge in [0.25, 0.3) is 0 Å². The van der Waals surface area contributed by atoms with Crippen LogP contribution in [0.1, 0.15) is 56.9 Å². The minimum atomic E-state index is -0.0548. The standard InChI is InChI=1S/C18H25ClN2/c1-11(2)15(19)16-12(3)20-17(21-16)13-8-7-9-14(10-13)18(4,5)6/h7-11,15H,1-6H3,(H,20,21). The molecule has 2 nitrogen and oxygen atoms in total. The molecule has 2 aromatic rings. The summed E-state index contributed by atoms with van der Waals surface area (Å²) in [5.74, 6) is 1.27. The molecule has 0 saturated heterocycles. The molecule has 0 spiro atoms. The van der Waals surface area contributed by atoms with E-state index in [-0.39, 0.29) is 10.8 Å². The largest absolute Gasteiger partial charge is 0.342 e. The molecule has 1 atom stereocenters. The van der Waals surface area contributed by atoms with E-state index in [0.29, 0.717) is 5.92 Å². The maximum absolute atomic E-state index is 6.47. The van der Waals surface area contributed by atoms with Crippen molar-refractivity contribution in [3.05, 3.63) is 41.2 Å². The first kappa shape index (κ1) is 16.1. The Hall–Kier alpha value is -1.28. The van der Waals surface area contributed by atoms with Crippen LogP contribution >= 0.6 is 11.6 Å². The number of aromatic nitrogens is 2. The number of aromatic amines is 1. The van der Waals surface area contributed by atoms with E-state index in [0.717, 1.165) is 22.8 Å². The lowest BCUT2D eigenvalue weighted by Crippen LogP contribution is -2.10. The van der Waals surface area contributed by atoms with Gasteiger partial charge in [-0.05, 0) is 29.9 Å². The van der Waals surface area contributed by atoms with Crippen molar-refractivity contribution >= 4 is 11.6 Å². The van der Waals surface area contributed by atoms with Gasteiger partial charge in [-0.3, -0.25) is 0 Å². The van der Waals surface area contributed by atoms with Crippen LogP contribution in [0.4, 0.5) is 0 Å². The van der Waals surface area contributed by atoms with Crippen LogP contribution in [0, 0.1) is 12.8 Å². The summed E-state index contributed by atoms with van der Waals surface area (Å²) in [4.78, 5) is 8.12. The van der Waals surface area contributed by atoms with Gasteiger partial charge in [0, 0.05) is 11.3 Å². The average Bonchev–Trinajstić information content (AvgIpc) is 2.79. The van der Waals surface area contributed by atoms with Crippen LogP contribution in [-0.2, 0) is 5.41 Å². The van der Waals surface area contributed by atoms with Gasteiger partial charge in [0.1, 0.15) is 5.82 Å². The zero-order valence-electron chi connectivity index (χ0n) is 13.8.